The van der Waals surface area contributed by atoms with Crippen LogP contribution < -0.4 is 0 Å². The molecule has 100 valence electrons. The van der Waals surface area contributed by atoms with E-state index in [0.717, 1.165) is 32.5 Å². The van der Waals surface area contributed by atoms with Crippen molar-refractivity contribution < 1.29 is 4.79 Å². The predicted octanol–water partition coefficient (Wildman–Crippen LogP) is 1.16. The summed E-state index contributed by atoms with van der Waals surface area (Å²) < 4.78 is 2.08. The summed E-state index contributed by atoms with van der Waals surface area (Å²) in [6, 6.07) is 0. The van der Waals surface area contributed by atoms with Crippen molar-refractivity contribution in [3.8, 4) is 0 Å². The molecule has 2 aromatic rings. The molecule has 0 spiro atoms. The zero-order valence-electron chi connectivity index (χ0n) is 10.7. The number of aromatic amines is 1. The minimum absolute atomic E-state index is 0.0732. The molecule has 0 radical (unpaired) electrons. The number of carbonyl (C=O) groups excluding carboxylic acids is 1. The molecular formula is C13H17N5O. The minimum Gasteiger partial charge on any atom is -0.338 e. The lowest BCUT2D eigenvalue weighted by Gasteiger charge is -2.32. The Kier molecular flexibility index (Phi) is 3.31. The summed E-state index contributed by atoms with van der Waals surface area (Å²) in [5.74, 6) is 0.572. The first-order valence-corrected chi connectivity index (χ1v) is 6.57. The molecule has 1 fully saturated rings. The normalized spacial score (nSPS) is 19.6. The molecule has 2 aromatic heterocycles. The molecule has 3 rings (SSSR count). The van der Waals surface area contributed by atoms with Crippen LogP contribution in [0, 0.1) is 5.92 Å². The molecule has 0 saturated carbocycles. The Morgan fingerprint density at radius 1 is 1.53 bits per heavy atom. The second-order valence-electron chi connectivity index (χ2n) is 5.01. The Morgan fingerprint density at radius 2 is 2.47 bits per heavy atom. The summed E-state index contributed by atoms with van der Waals surface area (Å²) in [6.07, 6.45) is 11.0. The molecule has 19 heavy (non-hydrogen) atoms. The number of nitrogens with zero attached hydrogens (tertiary/aromatic N) is 4. The molecule has 1 atom stereocenters. The predicted molar refractivity (Wildman–Crippen MR) is 69.4 cm³/mol. The van der Waals surface area contributed by atoms with Crippen LogP contribution in [-0.2, 0) is 6.54 Å². The molecule has 0 bridgehead atoms. The molecule has 6 nitrogen and oxygen atoms in total. The van der Waals surface area contributed by atoms with E-state index in [4.69, 9.17) is 0 Å². The van der Waals surface area contributed by atoms with Crippen LogP contribution in [-0.4, -0.2) is 43.6 Å². The summed E-state index contributed by atoms with van der Waals surface area (Å²) in [4.78, 5) is 18.2. The van der Waals surface area contributed by atoms with E-state index in [9.17, 15) is 4.79 Å². The van der Waals surface area contributed by atoms with Crippen LogP contribution in [0.5, 0.6) is 0 Å². The van der Waals surface area contributed by atoms with Gasteiger partial charge >= 0.3 is 0 Å². The number of hydrogen-bond acceptors (Lipinski definition) is 3. The van der Waals surface area contributed by atoms with Gasteiger partial charge in [-0.2, -0.15) is 5.10 Å². The lowest BCUT2D eigenvalue weighted by atomic mass is 9.97. The number of imidazole rings is 1. The van der Waals surface area contributed by atoms with E-state index in [2.05, 4.69) is 19.7 Å². The summed E-state index contributed by atoms with van der Waals surface area (Å²) in [7, 11) is 0. The van der Waals surface area contributed by atoms with Gasteiger partial charge in [0.1, 0.15) is 0 Å². The second-order valence-corrected chi connectivity index (χ2v) is 5.01. The zero-order chi connectivity index (χ0) is 13.1. The molecule has 1 unspecified atom stereocenters. The highest BCUT2D eigenvalue weighted by Crippen LogP contribution is 2.19. The number of piperidine rings is 1. The van der Waals surface area contributed by atoms with Gasteiger partial charge in [0.25, 0.3) is 5.91 Å². The third kappa shape index (κ3) is 2.67. The van der Waals surface area contributed by atoms with E-state index in [0.29, 0.717) is 11.5 Å². The highest BCUT2D eigenvalue weighted by Gasteiger charge is 2.25. The topological polar surface area (TPSA) is 66.8 Å². The van der Waals surface area contributed by atoms with Gasteiger partial charge in [-0.3, -0.25) is 9.89 Å². The van der Waals surface area contributed by atoms with Gasteiger partial charge in [-0.25, -0.2) is 4.98 Å². The Labute approximate surface area is 111 Å². The maximum Gasteiger partial charge on any atom is 0.257 e. The largest absolute Gasteiger partial charge is 0.338 e. The van der Waals surface area contributed by atoms with Gasteiger partial charge in [-0.1, -0.05) is 0 Å². The molecule has 3 heterocycles. The average molecular weight is 259 g/mol. The van der Waals surface area contributed by atoms with Gasteiger partial charge in [-0.05, 0) is 18.8 Å². The molecule has 1 aliphatic heterocycles. The van der Waals surface area contributed by atoms with E-state index in [1.54, 1.807) is 18.6 Å². The van der Waals surface area contributed by atoms with Crippen molar-refractivity contribution in [2.45, 2.75) is 19.4 Å². The van der Waals surface area contributed by atoms with Gasteiger partial charge in [0.05, 0.1) is 18.1 Å². The fourth-order valence-corrected chi connectivity index (χ4v) is 2.64. The summed E-state index contributed by atoms with van der Waals surface area (Å²) in [5.41, 5.74) is 0.642. The van der Waals surface area contributed by atoms with Gasteiger partial charge in [-0.15, -0.1) is 0 Å². The van der Waals surface area contributed by atoms with Crippen LogP contribution in [0.1, 0.15) is 23.2 Å². The molecule has 0 aromatic carbocycles. The Bertz CT molecular complexity index is 519. The Hall–Kier alpha value is -2.11. The molecule has 1 amide bonds. The van der Waals surface area contributed by atoms with Crippen LogP contribution >= 0.6 is 0 Å². The maximum absolute atomic E-state index is 12.3. The van der Waals surface area contributed by atoms with Crippen LogP contribution in [0.4, 0.5) is 0 Å². The second kappa shape index (κ2) is 5.26. The lowest BCUT2D eigenvalue weighted by Crippen LogP contribution is -2.40. The van der Waals surface area contributed by atoms with E-state index >= 15 is 0 Å². The van der Waals surface area contributed by atoms with Gasteiger partial charge < -0.3 is 9.47 Å². The highest BCUT2D eigenvalue weighted by molar-refractivity contribution is 5.93. The van der Waals surface area contributed by atoms with Crippen LogP contribution in [0.15, 0.2) is 31.1 Å². The van der Waals surface area contributed by atoms with E-state index in [-0.39, 0.29) is 5.91 Å². The summed E-state index contributed by atoms with van der Waals surface area (Å²) in [5, 5.41) is 6.52. The van der Waals surface area contributed by atoms with E-state index in [1.165, 1.54) is 0 Å². The number of likely N-dealkylation sites (tertiary alicyclic amines) is 1. The zero-order valence-corrected chi connectivity index (χ0v) is 10.7. The first kappa shape index (κ1) is 12.0. The minimum atomic E-state index is 0.0732. The summed E-state index contributed by atoms with van der Waals surface area (Å²) >= 11 is 0. The number of amides is 1. The van der Waals surface area contributed by atoms with E-state index < -0.39 is 0 Å². The van der Waals surface area contributed by atoms with Crippen LogP contribution in [0.2, 0.25) is 0 Å². The smallest absolute Gasteiger partial charge is 0.257 e. The maximum atomic E-state index is 12.3. The number of carbonyl (C=O) groups is 1. The van der Waals surface area contributed by atoms with Gasteiger partial charge in [0.2, 0.25) is 0 Å². The fourth-order valence-electron chi connectivity index (χ4n) is 2.64. The number of H-pyrrole nitrogens is 1. The van der Waals surface area contributed by atoms with Gasteiger partial charge in [0.15, 0.2) is 0 Å². The Morgan fingerprint density at radius 3 is 3.21 bits per heavy atom. The van der Waals surface area contributed by atoms with Crippen molar-refractivity contribution in [3.63, 3.8) is 0 Å². The average Bonchev–Trinajstić information content (AvgIpc) is 3.11. The molecule has 0 aliphatic carbocycles. The quantitative estimate of drug-likeness (QED) is 0.899. The number of hydrogen-bond donors (Lipinski definition) is 1. The summed E-state index contributed by atoms with van der Waals surface area (Å²) in [6.45, 7) is 2.57. The monoisotopic (exact) mass is 259 g/mol. The molecule has 6 heteroatoms. The van der Waals surface area contributed by atoms with Crippen molar-refractivity contribution in [1.82, 2.24) is 24.6 Å². The third-order valence-corrected chi connectivity index (χ3v) is 3.58. The SMILES string of the molecule is O=C(c1cn[nH]c1)N1CCCC(Cn2ccnc2)C1. The van der Waals surface area contributed by atoms with Crippen molar-refractivity contribution in [2.75, 3.05) is 13.1 Å². The molecule has 1 saturated heterocycles. The number of aromatic nitrogens is 4. The lowest BCUT2D eigenvalue weighted by molar-refractivity contribution is 0.0662. The van der Waals surface area contributed by atoms with Crippen LogP contribution in [0.3, 0.4) is 0 Å². The Balaban J connectivity index is 1.63. The molecule has 1 aliphatic rings. The van der Waals surface area contributed by atoms with Crippen LogP contribution in [0.25, 0.3) is 0 Å². The van der Waals surface area contributed by atoms with Crippen molar-refractivity contribution in [3.05, 3.63) is 36.7 Å². The number of rotatable bonds is 3. The fraction of sp³-hybridized carbons (Fsp3) is 0.462. The van der Waals surface area contributed by atoms with E-state index in [1.807, 2.05) is 17.4 Å². The first-order valence-electron chi connectivity index (χ1n) is 6.57. The third-order valence-electron chi connectivity index (χ3n) is 3.58. The first-order chi connectivity index (χ1) is 9.33. The molecule has 1 N–H and O–H groups in total. The van der Waals surface area contributed by atoms with Crippen molar-refractivity contribution in [2.24, 2.45) is 5.92 Å². The molecular weight excluding hydrogens is 242 g/mol. The standard InChI is InChI=1S/C13H17N5O/c19-13(12-6-15-16-7-12)18-4-1-2-11(9-18)8-17-5-3-14-10-17/h3,5-7,10-11H,1-2,4,8-9H2,(H,15,16). The van der Waals surface area contributed by atoms with Crippen molar-refractivity contribution in [1.29, 1.82) is 0 Å². The van der Waals surface area contributed by atoms with Crippen molar-refractivity contribution >= 4 is 5.91 Å². The number of nitrogens with one attached hydrogen (secondary N) is 1. The highest BCUT2D eigenvalue weighted by atomic mass is 16.2. The van der Waals surface area contributed by atoms with Gasteiger partial charge in [0, 0.05) is 38.2 Å².